The quantitative estimate of drug-likeness (QED) is 0.709. The van der Waals surface area contributed by atoms with E-state index >= 15 is 0 Å². The standard InChI is InChI=1S/C11H25N3/c1-10(8-12)14(4)9-11(13(2)3)6-5-7-11/h10H,5-9,12H2,1-4H3. The van der Waals surface area contributed by atoms with E-state index in [1.165, 1.54) is 19.3 Å². The molecule has 0 radical (unpaired) electrons. The van der Waals surface area contributed by atoms with Gasteiger partial charge >= 0.3 is 0 Å². The number of likely N-dealkylation sites (N-methyl/N-ethyl adjacent to an activating group) is 2. The second kappa shape index (κ2) is 4.60. The van der Waals surface area contributed by atoms with Crippen LogP contribution in [0.25, 0.3) is 0 Å². The third-order valence-electron chi connectivity index (χ3n) is 3.87. The summed E-state index contributed by atoms with van der Waals surface area (Å²) in [5.74, 6) is 0. The number of nitrogens with zero attached hydrogens (tertiary/aromatic N) is 2. The van der Waals surface area contributed by atoms with Gasteiger partial charge in [-0.1, -0.05) is 0 Å². The highest BCUT2D eigenvalue weighted by Gasteiger charge is 2.40. The molecule has 1 atom stereocenters. The number of rotatable bonds is 5. The van der Waals surface area contributed by atoms with Crippen molar-refractivity contribution in [1.82, 2.24) is 9.80 Å². The van der Waals surface area contributed by atoms with Crippen LogP contribution in [0.4, 0.5) is 0 Å². The van der Waals surface area contributed by atoms with E-state index in [1.807, 2.05) is 0 Å². The minimum atomic E-state index is 0.429. The van der Waals surface area contributed by atoms with Gasteiger partial charge in [0.25, 0.3) is 0 Å². The van der Waals surface area contributed by atoms with E-state index in [2.05, 4.69) is 37.9 Å². The molecule has 0 aliphatic heterocycles. The third kappa shape index (κ3) is 2.27. The molecule has 0 heterocycles. The smallest absolute Gasteiger partial charge is 0.0330 e. The highest BCUT2D eigenvalue weighted by Crippen LogP contribution is 2.36. The Morgan fingerprint density at radius 1 is 1.29 bits per heavy atom. The van der Waals surface area contributed by atoms with Crippen LogP contribution in [-0.4, -0.2) is 55.6 Å². The summed E-state index contributed by atoms with van der Waals surface area (Å²) < 4.78 is 0. The predicted molar refractivity (Wildman–Crippen MR) is 61.4 cm³/mol. The number of hydrogen-bond acceptors (Lipinski definition) is 3. The van der Waals surface area contributed by atoms with Crippen molar-refractivity contribution < 1.29 is 0 Å². The molecule has 1 fully saturated rings. The molecule has 3 heteroatoms. The van der Waals surface area contributed by atoms with E-state index in [4.69, 9.17) is 5.73 Å². The first-order chi connectivity index (χ1) is 6.52. The fraction of sp³-hybridized carbons (Fsp3) is 1.00. The van der Waals surface area contributed by atoms with Crippen molar-refractivity contribution in [3.63, 3.8) is 0 Å². The van der Waals surface area contributed by atoms with E-state index < -0.39 is 0 Å². The van der Waals surface area contributed by atoms with Crippen molar-refractivity contribution in [2.24, 2.45) is 5.73 Å². The summed E-state index contributed by atoms with van der Waals surface area (Å²) in [6.45, 7) is 4.10. The van der Waals surface area contributed by atoms with Crippen LogP contribution in [0.5, 0.6) is 0 Å². The van der Waals surface area contributed by atoms with E-state index in [0.29, 0.717) is 11.6 Å². The van der Waals surface area contributed by atoms with Gasteiger partial charge < -0.3 is 15.5 Å². The van der Waals surface area contributed by atoms with Gasteiger partial charge in [-0.3, -0.25) is 0 Å². The Labute approximate surface area is 88.2 Å². The molecule has 0 amide bonds. The maximum absolute atomic E-state index is 5.67. The Morgan fingerprint density at radius 2 is 1.86 bits per heavy atom. The molecule has 84 valence electrons. The van der Waals surface area contributed by atoms with Crippen molar-refractivity contribution in [2.75, 3.05) is 34.2 Å². The lowest BCUT2D eigenvalue weighted by Gasteiger charge is -2.50. The van der Waals surface area contributed by atoms with Crippen LogP contribution in [0.3, 0.4) is 0 Å². The molecule has 0 bridgehead atoms. The van der Waals surface area contributed by atoms with Crippen LogP contribution in [0.2, 0.25) is 0 Å². The molecular formula is C11H25N3. The van der Waals surface area contributed by atoms with Crippen molar-refractivity contribution in [2.45, 2.75) is 37.8 Å². The summed E-state index contributed by atoms with van der Waals surface area (Å²) >= 11 is 0. The van der Waals surface area contributed by atoms with Gasteiger partial charge in [0.1, 0.15) is 0 Å². The Kier molecular flexibility index (Phi) is 3.93. The average molecular weight is 199 g/mol. The molecule has 1 aliphatic carbocycles. The molecule has 0 spiro atoms. The van der Waals surface area contributed by atoms with E-state index in [1.54, 1.807) is 0 Å². The zero-order valence-corrected chi connectivity index (χ0v) is 10.1. The van der Waals surface area contributed by atoms with Gasteiger partial charge in [0.15, 0.2) is 0 Å². The zero-order chi connectivity index (χ0) is 10.8. The molecule has 0 saturated heterocycles. The van der Waals surface area contributed by atoms with Gasteiger partial charge in [0, 0.05) is 24.7 Å². The van der Waals surface area contributed by atoms with E-state index in [0.717, 1.165) is 13.1 Å². The summed E-state index contributed by atoms with van der Waals surface area (Å²) in [6, 6.07) is 0.493. The summed E-state index contributed by atoms with van der Waals surface area (Å²) in [5.41, 5.74) is 6.10. The lowest BCUT2D eigenvalue weighted by Crippen LogP contribution is -2.58. The summed E-state index contributed by atoms with van der Waals surface area (Å²) in [6.07, 6.45) is 4.05. The normalized spacial score (nSPS) is 22.5. The van der Waals surface area contributed by atoms with Crippen molar-refractivity contribution in [3.8, 4) is 0 Å². The lowest BCUT2D eigenvalue weighted by molar-refractivity contribution is 0.0191. The van der Waals surface area contributed by atoms with Gasteiger partial charge in [-0.2, -0.15) is 0 Å². The van der Waals surface area contributed by atoms with Crippen molar-refractivity contribution in [1.29, 1.82) is 0 Å². The van der Waals surface area contributed by atoms with Gasteiger partial charge in [0.05, 0.1) is 0 Å². The van der Waals surface area contributed by atoms with Crippen LogP contribution < -0.4 is 5.73 Å². The monoisotopic (exact) mass is 199 g/mol. The zero-order valence-electron chi connectivity index (χ0n) is 10.1. The fourth-order valence-electron chi connectivity index (χ4n) is 2.13. The molecule has 1 saturated carbocycles. The van der Waals surface area contributed by atoms with E-state index in [-0.39, 0.29) is 0 Å². The maximum Gasteiger partial charge on any atom is 0.0330 e. The van der Waals surface area contributed by atoms with Gasteiger partial charge in [-0.15, -0.1) is 0 Å². The first kappa shape index (κ1) is 12.0. The average Bonchev–Trinajstić information content (AvgIpc) is 2.08. The molecule has 2 N–H and O–H groups in total. The van der Waals surface area contributed by atoms with Gasteiger partial charge in [0.2, 0.25) is 0 Å². The van der Waals surface area contributed by atoms with Gasteiger partial charge in [-0.05, 0) is 47.3 Å². The molecule has 14 heavy (non-hydrogen) atoms. The maximum atomic E-state index is 5.67. The van der Waals surface area contributed by atoms with Crippen molar-refractivity contribution in [3.05, 3.63) is 0 Å². The fourth-order valence-corrected chi connectivity index (χ4v) is 2.13. The number of hydrogen-bond donors (Lipinski definition) is 1. The first-order valence-corrected chi connectivity index (χ1v) is 5.59. The van der Waals surface area contributed by atoms with Crippen LogP contribution in [0, 0.1) is 0 Å². The molecule has 1 aliphatic rings. The minimum Gasteiger partial charge on any atom is -0.329 e. The SMILES string of the molecule is CC(CN)N(C)CC1(N(C)C)CCC1. The van der Waals surface area contributed by atoms with Crippen LogP contribution >= 0.6 is 0 Å². The highest BCUT2D eigenvalue weighted by molar-refractivity contribution is 4.98. The predicted octanol–water partition coefficient (Wildman–Crippen LogP) is 0.750. The highest BCUT2D eigenvalue weighted by atomic mass is 15.2. The Bertz CT molecular complexity index is 175. The summed E-state index contributed by atoms with van der Waals surface area (Å²) in [4.78, 5) is 4.77. The Balaban J connectivity index is 2.48. The molecule has 0 aromatic rings. The molecule has 1 rings (SSSR count). The third-order valence-corrected chi connectivity index (χ3v) is 3.87. The first-order valence-electron chi connectivity index (χ1n) is 5.59. The second-order valence-corrected chi connectivity index (χ2v) is 4.97. The Morgan fingerprint density at radius 3 is 2.14 bits per heavy atom. The molecule has 0 aromatic heterocycles. The van der Waals surface area contributed by atoms with Crippen molar-refractivity contribution >= 4 is 0 Å². The Hall–Kier alpha value is -0.120. The summed E-state index contributed by atoms with van der Waals surface area (Å²) in [7, 11) is 6.57. The topological polar surface area (TPSA) is 32.5 Å². The minimum absolute atomic E-state index is 0.429. The van der Waals surface area contributed by atoms with E-state index in [9.17, 15) is 0 Å². The van der Waals surface area contributed by atoms with Crippen LogP contribution in [0.15, 0.2) is 0 Å². The second-order valence-electron chi connectivity index (χ2n) is 4.97. The molecular weight excluding hydrogens is 174 g/mol. The lowest BCUT2D eigenvalue weighted by atomic mass is 9.75. The molecule has 0 aromatic carbocycles. The largest absolute Gasteiger partial charge is 0.329 e. The van der Waals surface area contributed by atoms with Crippen LogP contribution in [-0.2, 0) is 0 Å². The number of nitrogens with two attached hydrogens (primary N) is 1. The van der Waals surface area contributed by atoms with Gasteiger partial charge in [-0.25, -0.2) is 0 Å². The molecule has 1 unspecified atom stereocenters. The molecule has 3 nitrogen and oxygen atoms in total. The summed E-state index contributed by atoms with van der Waals surface area (Å²) in [5, 5.41) is 0. The van der Waals surface area contributed by atoms with Crippen LogP contribution in [0.1, 0.15) is 26.2 Å².